The van der Waals surface area contributed by atoms with Gasteiger partial charge in [0, 0.05) is 51.7 Å². The van der Waals surface area contributed by atoms with E-state index in [-0.39, 0.29) is 0 Å². The van der Waals surface area contributed by atoms with Crippen molar-refractivity contribution in [3.8, 4) is 0 Å². The Balaban J connectivity index is 1.41. The number of nitrogens with zero attached hydrogens (tertiary/aromatic N) is 7. The minimum Gasteiger partial charge on any atom is -0.378 e. The van der Waals surface area contributed by atoms with Crippen molar-refractivity contribution in [3.05, 3.63) is 24.5 Å². The third-order valence-corrected chi connectivity index (χ3v) is 5.21. The molecule has 0 bridgehead atoms. The monoisotopic (exact) mass is 373 g/mol. The van der Waals surface area contributed by atoms with Gasteiger partial charge in [0.15, 0.2) is 5.16 Å². The first kappa shape index (κ1) is 17.3. The molecule has 4 rings (SSSR count). The SMILES string of the molecule is CSc1nccc(N2CCN(c3ccnc(N4CCOCC4)n3)CC2)n1. The molecule has 8 nitrogen and oxygen atoms in total. The molecule has 0 unspecified atom stereocenters. The molecule has 2 aromatic heterocycles. The largest absolute Gasteiger partial charge is 0.378 e. The van der Waals surface area contributed by atoms with Gasteiger partial charge in [0.25, 0.3) is 0 Å². The van der Waals surface area contributed by atoms with Gasteiger partial charge in [0.2, 0.25) is 5.95 Å². The molecule has 0 saturated carbocycles. The first-order chi connectivity index (χ1) is 12.8. The molecule has 0 spiro atoms. The van der Waals surface area contributed by atoms with Crippen molar-refractivity contribution < 1.29 is 4.74 Å². The van der Waals surface area contributed by atoms with E-state index in [1.165, 1.54) is 0 Å². The smallest absolute Gasteiger partial charge is 0.227 e. The first-order valence-electron chi connectivity index (χ1n) is 8.86. The Morgan fingerprint density at radius 1 is 0.808 bits per heavy atom. The quantitative estimate of drug-likeness (QED) is 0.580. The van der Waals surface area contributed by atoms with Gasteiger partial charge in [-0.1, -0.05) is 11.8 Å². The number of aromatic nitrogens is 4. The zero-order chi connectivity index (χ0) is 17.8. The lowest BCUT2D eigenvalue weighted by Gasteiger charge is -2.36. The number of rotatable bonds is 4. The maximum absolute atomic E-state index is 5.41. The normalized spacial score (nSPS) is 18.3. The van der Waals surface area contributed by atoms with Crippen molar-refractivity contribution in [1.29, 1.82) is 0 Å². The molecule has 2 aromatic rings. The maximum Gasteiger partial charge on any atom is 0.227 e. The second-order valence-corrected chi connectivity index (χ2v) is 6.96. The third kappa shape index (κ3) is 3.83. The van der Waals surface area contributed by atoms with Crippen LogP contribution in [0.25, 0.3) is 0 Å². The molecule has 2 fully saturated rings. The molecule has 0 atom stereocenters. The van der Waals surface area contributed by atoms with Gasteiger partial charge in [-0.15, -0.1) is 0 Å². The summed E-state index contributed by atoms with van der Waals surface area (Å²) in [5, 5.41) is 0.816. The summed E-state index contributed by atoms with van der Waals surface area (Å²) in [7, 11) is 0. The highest BCUT2D eigenvalue weighted by Gasteiger charge is 2.21. The van der Waals surface area contributed by atoms with E-state index in [9.17, 15) is 0 Å². The molecule has 2 saturated heterocycles. The number of morpholine rings is 1. The first-order valence-corrected chi connectivity index (χ1v) is 10.1. The average Bonchev–Trinajstić information content (AvgIpc) is 2.75. The molecule has 2 aliphatic rings. The summed E-state index contributed by atoms with van der Waals surface area (Å²) in [6.45, 7) is 6.84. The Hall–Kier alpha value is -2.13. The molecular weight excluding hydrogens is 350 g/mol. The summed E-state index contributed by atoms with van der Waals surface area (Å²) in [6, 6.07) is 3.98. The lowest BCUT2D eigenvalue weighted by atomic mass is 10.3. The van der Waals surface area contributed by atoms with E-state index in [1.807, 2.05) is 30.8 Å². The molecule has 2 aliphatic heterocycles. The topological polar surface area (TPSA) is 70.5 Å². The van der Waals surface area contributed by atoms with Crippen LogP contribution in [0, 0.1) is 0 Å². The van der Waals surface area contributed by atoms with Crippen LogP contribution in [0.15, 0.2) is 29.7 Å². The van der Waals surface area contributed by atoms with Crippen molar-refractivity contribution in [1.82, 2.24) is 19.9 Å². The van der Waals surface area contributed by atoms with Crippen LogP contribution >= 0.6 is 11.8 Å². The van der Waals surface area contributed by atoms with Crippen LogP contribution in [0.4, 0.5) is 17.6 Å². The predicted molar refractivity (Wildman–Crippen MR) is 103 cm³/mol. The van der Waals surface area contributed by atoms with Gasteiger partial charge in [-0.2, -0.15) is 4.98 Å². The maximum atomic E-state index is 5.41. The van der Waals surface area contributed by atoms with Crippen LogP contribution in [0.3, 0.4) is 0 Å². The Bertz CT molecular complexity index is 733. The highest BCUT2D eigenvalue weighted by Crippen LogP contribution is 2.20. The van der Waals surface area contributed by atoms with Gasteiger partial charge < -0.3 is 19.4 Å². The van der Waals surface area contributed by atoms with E-state index in [0.717, 1.165) is 75.2 Å². The summed E-state index contributed by atoms with van der Waals surface area (Å²) in [6.07, 6.45) is 5.69. The number of piperazine rings is 1. The van der Waals surface area contributed by atoms with E-state index < -0.39 is 0 Å². The summed E-state index contributed by atoms with van der Waals surface area (Å²) in [4.78, 5) is 24.9. The summed E-state index contributed by atoms with van der Waals surface area (Å²) < 4.78 is 5.41. The highest BCUT2D eigenvalue weighted by atomic mass is 32.2. The van der Waals surface area contributed by atoms with E-state index in [2.05, 4.69) is 29.7 Å². The van der Waals surface area contributed by atoms with Gasteiger partial charge in [-0.25, -0.2) is 15.0 Å². The molecule has 0 radical (unpaired) electrons. The second-order valence-electron chi connectivity index (χ2n) is 6.19. The number of ether oxygens (including phenoxy) is 1. The van der Waals surface area contributed by atoms with Crippen LogP contribution in [-0.4, -0.2) is 78.7 Å². The molecule has 9 heteroatoms. The third-order valence-electron chi connectivity index (χ3n) is 4.65. The molecule has 0 aromatic carbocycles. The lowest BCUT2D eigenvalue weighted by Crippen LogP contribution is -2.47. The Kier molecular flexibility index (Phi) is 5.35. The van der Waals surface area contributed by atoms with Crippen LogP contribution in [0.5, 0.6) is 0 Å². The molecule has 4 heterocycles. The van der Waals surface area contributed by atoms with Crippen molar-refractivity contribution >= 4 is 29.3 Å². The van der Waals surface area contributed by atoms with E-state index in [1.54, 1.807) is 11.8 Å². The second kappa shape index (κ2) is 8.05. The minimum atomic E-state index is 0.739. The molecule has 0 aliphatic carbocycles. The van der Waals surface area contributed by atoms with E-state index in [0.29, 0.717) is 0 Å². The number of hydrogen-bond acceptors (Lipinski definition) is 9. The fourth-order valence-electron chi connectivity index (χ4n) is 3.20. The number of anilines is 3. The van der Waals surface area contributed by atoms with Crippen LogP contribution in [-0.2, 0) is 4.74 Å². The van der Waals surface area contributed by atoms with Gasteiger partial charge in [-0.05, 0) is 18.4 Å². The fraction of sp³-hybridized carbons (Fsp3) is 0.529. The number of hydrogen-bond donors (Lipinski definition) is 0. The summed E-state index contributed by atoms with van der Waals surface area (Å²) in [5.41, 5.74) is 0. The molecule has 138 valence electrons. The molecule has 0 N–H and O–H groups in total. The molecule has 0 amide bonds. The van der Waals surface area contributed by atoms with E-state index in [4.69, 9.17) is 9.72 Å². The van der Waals surface area contributed by atoms with Crippen LogP contribution in [0.1, 0.15) is 0 Å². The van der Waals surface area contributed by atoms with Crippen molar-refractivity contribution in [3.63, 3.8) is 0 Å². The lowest BCUT2D eigenvalue weighted by molar-refractivity contribution is 0.122. The van der Waals surface area contributed by atoms with E-state index >= 15 is 0 Å². The summed E-state index contributed by atoms with van der Waals surface area (Å²) >= 11 is 1.57. The molecule has 26 heavy (non-hydrogen) atoms. The van der Waals surface area contributed by atoms with Gasteiger partial charge >= 0.3 is 0 Å². The molecular formula is C17H23N7OS. The highest BCUT2D eigenvalue weighted by molar-refractivity contribution is 7.98. The van der Waals surface area contributed by atoms with Crippen molar-refractivity contribution in [2.24, 2.45) is 0 Å². The standard InChI is InChI=1S/C17H23N7OS/c1-26-17-19-5-3-15(21-17)23-8-6-22(7-9-23)14-2-4-18-16(20-14)24-10-12-25-13-11-24/h2-5H,6-13H2,1H3. The Morgan fingerprint density at radius 3 is 2.08 bits per heavy atom. The zero-order valence-electron chi connectivity index (χ0n) is 14.9. The summed E-state index contributed by atoms with van der Waals surface area (Å²) in [5.74, 6) is 2.79. The fourth-order valence-corrected chi connectivity index (χ4v) is 3.55. The van der Waals surface area contributed by atoms with Crippen LogP contribution in [0.2, 0.25) is 0 Å². The van der Waals surface area contributed by atoms with Gasteiger partial charge in [0.05, 0.1) is 13.2 Å². The van der Waals surface area contributed by atoms with Crippen LogP contribution < -0.4 is 14.7 Å². The number of thioether (sulfide) groups is 1. The zero-order valence-corrected chi connectivity index (χ0v) is 15.7. The van der Waals surface area contributed by atoms with Gasteiger partial charge in [0.1, 0.15) is 11.6 Å². The minimum absolute atomic E-state index is 0.739. The van der Waals surface area contributed by atoms with Crippen molar-refractivity contribution in [2.45, 2.75) is 5.16 Å². The Morgan fingerprint density at radius 2 is 1.42 bits per heavy atom. The predicted octanol–water partition coefficient (Wildman–Crippen LogP) is 1.15. The average molecular weight is 373 g/mol. The van der Waals surface area contributed by atoms with Crippen molar-refractivity contribution in [2.75, 3.05) is 73.4 Å². The Labute approximate surface area is 157 Å². The van der Waals surface area contributed by atoms with Gasteiger partial charge in [-0.3, -0.25) is 0 Å².